The van der Waals surface area contributed by atoms with Gasteiger partial charge >= 0.3 is 0 Å². The zero-order valence-electron chi connectivity index (χ0n) is 14.1. The smallest absolute Gasteiger partial charge is 0.255 e. The fraction of sp³-hybridized carbons (Fsp3) is 0.263. The number of hydrogen-bond acceptors (Lipinski definition) is 5. The largest absolute Gasteiger partial charge is 0.445 e. The van der Waals surface area contributed by atoms with Crippen molar-refractivity contribution in [3.05, 3.63) is 76.5 Å². The average molecular weight is 369 g/mol. The molecule has 0 atom stereocenters. The topological polar surface area (TPSA) is 72.1 Å². The SMILES string of the molecule is O=C(c1ccncc1Cl)N1CCc2oc(CCc3cccnc3)nc2C1. The predicted molar refractivity (Wildman–Crippen MR) is 95.8 cm³/mol. The number of oxazole rings is 1. The number of pyridine rings is 2. The molecule has 0 saturated carbocycles. The average Bonchev–Trinajstić information content (AvgIpc) is 3.09. The highest BCUT2D eigenvalue weighted by Crippen LogP contribution is 2.24. The van der Waals surface area contributed by atoms with Crippen LogP contribution in [-0.2, 0) is 25.8 Å². The van der Waals surface area contributed by atoms with Crippen LogP contribution in [0.3, 0.4) is 0 Å². The van der Waals surface area contributed by atoms with Gasteiger partial charge in [0, 0.05) is 44.2 Å². The van der Waals surface area contributed by atoms with Crippen molar-refractivity contribution in [1.82, 2.24) is 19.9 Å². The third-order valence-corrected chi connectivity index (χ3v) is 4.71. The van der Waals surface area contributed by atoms with E-state index in [9.17, 15) is 4.79 Å². The van der Waals surface area contributed by atoms with Crippen LogP contribution in [0.25, 0.3) is 0 Å². The van der Waals surface area contributed by atoms with Gasteiger partial charge in [-0.05, 0) is 24.1 Å². The van der Waals surface area contributed by atoms with Gasteiger partial charge in [-0.15, -0.1) is 0 Å². The number of rotatable bonds is 4. The Morgan fingerprint density at radius 3 is 2.88 bits per heavy atom. The molecule has 0 saturated heterocycles. The second-order valence-electron chi connectivity index (χ2n) is 6.17. The van der Waals surface area contributed by atoms with E-state index < -0.39 is 0 Å². The van der Waals surface area contributed by atoms with Crippen molar-refractivity contribution in [2.75, 3.05) is 6.54 Å². The van der Waals surface area contributed by atoms with E-state index in [0.717, 1.165) is 23.4 Å². The Morgan fingerprint density at radius 1 is 1.19 bits per heavy atom. The van der Waals surface area contributed by atoms with E-state index in [4.69, 9.17) is 16.0 Å². The second kappa shape index (κ2) is 7.25. The van der Waals surface area contributed by atoms with Gasteiger partial charge in [0.1, 0.15) is 11.5 Å². The molecule has 26 heavy (non-hydrogen) atoms. The van der Waals surface area contributed by atoms with E-state index in [1.807, 2.05) is 18.3 Å². The molecule has 1 aliphatic rings. The van der Waals surface area contributed by atoms with Crippen LogP contribution in [0.15, 0.2) is 47.4 Å². The molecule has 0 radical (unpaired) electrons. The molecule has 3 aromatic heterocycles. The van der Waals surface area contributed by atoms with Crippen LogP contribution in [0.5, 0.6) is 0 Å². The third kappa shape index (κ3) is 3.46. The number of halogens is 1. The maximum Gasteiger partial charge on any atom is 0.255 e. The summed E-state index contributed by atoms with van der Waals surface area (Å²) in [6.45, 7) is 1.02. The minimum absolute atomic E-state index is 0.108. The first-order valence-corrected chi connectivity index (χ1v) is 8.83. The van der Waals surface area contributed by atoms with Crippen molar-refractivity contribution in [2.45, 2.75) is 25.8 Å². The number of carbonyl (C=O) groups is 1. The Kier molecular flexibility index (Phi) is 4.67. The highest BCUT2D eigenvalue weighted by Gasteiger charge is 2.27. The van der Waals surface area contributed by atoms with Gasteiger partial charge in [0.05, 0.1) is 17.1 Å². The lowest BCUT2D eigenvalue weighted by Crippen LogP contribution is -2.36. The molecule has 4 heterocycles. The van der Waals surface area contributed by atoms with Gasteiger partial charge in [-0.25, -0.2) is 4.98 Å². The molecule has 0 aromatic carbocycles. The summed E-state index contributed by atoms with van der Waals surface area (Å²) < 4.78 is 5.88. The Hall–Kier alpha value is -2.73. The summed E-state index contributed by atoms with van der Waals surface area (Å²) in [5.41, 5.74) is 2.44. The number of nitrogens with zero attached hydrogens (tertiary/aromatic N) is 4. The van der Waals surface area contributed by atoms with Gasteiger partial charge in [-0.1, -0.05) is 17.7 Å². The molecular weight excluding hydrogens is 352 g/mol. The summed E-state index contributed by atoms with van der Waals surface area (Å²) >= 11 is 6.09. The zero-order valence-corrected chi connectivity index (χ0v) is 14.8. The Morgan fingerprint density at radius 2 is 2.08 bits per heavy atom. The molecule has 4 rings (SSSR count). The molecule has 1 aliphatic heterocycles. The van der Waals surface area contributed by atoms with Gasteiger partial charge in [-0.2, -0.15) is 0 Å². The van der Waals surface area contributed by atoms with Gasteiger partial charge in [0.15, 0.2) is 5.89 Å². The standard InChI is InChI=1S/C19H17ClN4O2/c20-15-11-22-8-5-14(15)19(25)24-9-6-17-16(12-24)23-18(26-17)4-3-13-2-1-7-21-10-13/h1-2,5,7-8,10-11H,3-4,6,9,12H2. The lowest BCUT2D eigenvalue weighted by molar-refractivity contribution is 0.0728. The third-order valence-electron chi connectivity index (χ3n) is 4.41. The number of aromatic nitrogens is 3. The van der Waals surface area contributed by atoms with E-state index in [-0.39, 0.29) is 5.91 Å². The van der Waals surface area contributed by atoms with Gasteiger partial charge in [0.25, 0.3) is 5.91 Å². The summed E-state index contributed by atoms with van der Waals surface area (Å²) in [7, 11) is 0. The van der Waals surface area contributed by atoms with Crippen LogP contribution in [-0.4, -0.2) is 32.3 Å². The van der Waals surface area contributed by atoms with Crippen LogP contribution < -0.4 is 0 Å². The molecule has 7 heteroatoms. The number of aryl methyl sites for hydroxylation is 2. The summed E-state index contributed by atoms with van der Waals surface area (Å²) in [6, 6.07) is 5.60. The Balaban J connectivity index is 1.45. The molecule has 132 valence electrons. The Labute approximate surface area is 155 Å². The molecule has 0 aliphatic carbocycles. The maximum atomic E-state index is 12.7. The van der Waals surface area contributed by atoms with Crippen molar-refractivity contribution in [1.29, 1.82) is 0 Å². The zero-order chi connectivity index (χ0) is 17.9. The van der Waals surface area contributed by atoms with E-state index in [2.05, 4.69) is 15.0 Å². The van der Waals surface area contributed by atoms with Crippen LogP contribution in [0.2, 0.25) is 5.02 Å². The first kappa shape index (κ1) is 16.7. The van der Waals surface area contributed by atoms with Crippen molar-refractivity contribution >= 4 is 17.5 Å². The summed E-state index contributed by atoms with van der Waals surface area (Å²) in [6.07, 6.45) is 8.85. The molecule has 1 amide bonds. The lowest BCUT2D eigenvalue weighted by atomic mass is 10.1. The van der Waals surface area contributed by atoms with Crippen molar-refractivity contribution in [3.63, 3.8) is 0 Å². The van der Waals surface area contributed by atoms with Gasteiger partial charge in [0.2, 0.25) is 0 Å². The normalized spacial score (nSPS) is 13.5. The van der Waals surface area contributed by atoms with Crippen LogP contribution in [0.4, 0.5) is 0 Å². The lowest BCUT2D eigenvalue weighted by Gasteiger charge is -2.25. The summed E-state index contributed by atoms with van der Waals surface area (Å²) in [4.78, 5) is 27.1. The first-order chi connectivity index (χ1) is 12.7. The van der Waals surface area contributed by atoms with E-state index in [1.165, 1.54) is 6.20 Å². The molecule has 0 spiro atoms. The molecule has 0 fully saturated rings. The minimum atomic E-state index is -0.108. The maximum absolute atomic E-state index is 12.7. The second-order valence-corrected chi connectivity index (χ2v) is 6.58. The molecular formula is C19H17ClN4O2. The monoisotopic (exact) mass is 368 g/mol. The molecule has 0 unspecified atom stereocenters. The quantitative estimate of drug-likeness (QED) is 0.707. The molecule has 0 N–H and O–H groups in total. The number of fused-ring (bicyclic) bond motifs is 1. The fourth-order valence-corrected chi connectivity index (χ4v) is 3.25. The number of hydrogen-bond donors (Lipinski definition) is 0. The molecule has 3 aromatic rings. The van der Waals surface area contributed by atoms with E-state index in [0.29, 0.717) is 42.4 Å². The van der Waals surface area contributed by atoms with Crippen LogP contribution >= 0.6 is 11.6 Å². The number of amides is 1. The van der Waals surface area contributed by atoms with Gasteiger partial charge in [-0.3, -0.25) is 14.8 Å². The summed E-state index contributed by atoms with van der Waals surface area (Å²) in [5, 5.41) is 0.362. The first-order valence-electron chi connectivity index (χ1n) is 8.46. The van der Waals surface area contributed by atoms with E-state index in [1.54, 1.807) is 23.4 Å². The van der Waals surface area contributed by atoms with Gasteiger partial charge < -0.3 is 9.32 Å². The van der Waals surface area contributed by atoms with Crippen molar-refractivity contribution < 1.29 is 9.21 Å². The summed E-state index contributed by atoms with van der Waals surface area (Å²) in [5.74, 6) is 1.47. The van der Waals surface area contributed by atoms with Crippen LogP contribution in [0.1, 0.15) is 33.3 Å². The molecule has 6 nitrogen and oxygen atoms in total. The highest BCUT2D eigenvalue weighted by molar-refractivity contribution is 6.33. The van der Waals surface area contributed by atoms with Crippen molar-refractivity contribution in [2.24, 2.45) is 0 Å². The van der Waals surface area contributed by atoms with E-state index >= 15 is 0 Å². The molecule has 0 bridgehead atoms. The fourth-order valence-electron chi connectivity index (χ4n) is 3.05. The van der Waals surface area contributed by atoms with Crippen molar-refractivity contribution in [3.8, 4) is 0 Å². The minimum Gasteiger partial charge on any atom is -0.445 e. The Bertz CT molecular complexity index is 926. The highest BCUT2D eigenvalue weighted by atomic mass is 35.5. The number of carbonyl (C=O) groups excluding carboxylic acids is 1. The predicted octanol–water partition coefficient (Wildman–Crippen LogP) is 3.10. The van der Waals surface area contributed by atoms with Crippen LogP contribution in [0, 0.1) is 0 Å².